The Kier molecular flexibility index (Phi) is 5.61. The number of nitrogens with one attached hydrogen (secondary N) is 1. The molecule has 6 nitrogen and oxygen atoms in total. The van der Waals surface area contributed by atoms with E-state index in [9.17, 15) is 4.55 Å². The van der Waals surface area contributed by atoms with E-state index in [-0.39, 0.29) is 0 Å². The Balaban J connectivity index is 1.90. The predicted molar refractivity (Wildman–Crippen MR) is 123 cm³/mol. The van der Waals surface area contributed by atoms with Crippen LogP contribution in [-0.2, 0) is 11.2 Å². The fourth-order valence-electron chi connectivity index (χ4n) is 3.23. The molecule has 0 amide bonds. The molecule has 28 heavy (non-hydrogen) atoms. The van der Waals surface area contributed by atoms with Crippen molar-refractivity contribution < 1.29 is 4.55 Å². The molecule has 2 aliphatic rings. The SMILES string of the molecule is CCN(CC)C1=NC2=C([S+]([O-])c3ccccc3)NC=NN2c2ccc(I)cc21. The lowest BCUT2D eigenvalue weighted by Gasteiger charge is -2.34. The number of fused-ring (bicyclic) bond motifs is 3. The largest absolute Gasteiger partial charge is 0.605 e. The van der Waals surface area contributed by atoms with Gasteiger partial charge in [-0.25, -0.2) is 10.0 Å². The molecular formula is C20H20IN5OS. The number of hydrogen-bond acceptors (Lipinski definition) is 6. The zero-order valence-corrected chi connectivity index (χ0v) is 18.6. The summed E-state index contributed by atoms with van der Waals surface area (Å²) >= 11 is 0.917. The standard InChI is InChI=1S/C20H20IN5OS/c1-3-25(4-2)18-16-12-14(21)10-11-17(16)26-19(24-18)20(22-13-23-26)28(27)15-8-6-5-7-9-15/h5-13H,3-4H2,1-2H3,(H,22,23). The summed E-state index contributed by atoms with van der Waals surface area (Å²) < 4.78 is 14.4. The number of benzene rings is 2. The summed E-state index contributed by atoms with van der Waals surface area (Å²) in [5.74, 6) is 1.45. The van der Waals surface area contributed by atoms with Crippen molar-refractivity contribution in [2.24, 2.45) is 10.1 Å². The fourth-order valence-corrected chi connectivity index (χ4v) is 4.82. The van der Waals surface area contributed by atoms with E-state index in [4.69, 9.17) is 4.99 Å². The van der Waals surface area contributed by atoms with Crippen molar-refractivity contribution in [3.05, 3.63) is 68.5 Å². The van der Waals surface area contributed by atoms with E-state index in [2.05, 4.69) is 57.8 Å². The van der Waals surface area contributed by atoms with Gasteiger partial charge in [-0.3, -0.25) is 0 Å². The van der Waals surface area contributed by atoms with Gasteiger partial charge in [-0.05, 0) is 66.8 Å². The van der Waals surface area contributed by atoms with E-state index in [0.717, 1.165) is 38.6 Å². The van der Waals surface area contributed by atoms with Gasteiger partial charge in [-0.2, -0.15) is 5.10 Å². The molecule has 1 atom stereocenters. The van der Waals surface area contributed by atoms with Crippen LogP contribution >= 0.6 is 22.6 Å². The van der Waals surface area contributed by atoms with Crippen LogP contribution in [0.3, 0.4) is 0 Å². The Bertz CT molecular complexity index is 972. The van der Waals surface area contributed by atoms with Gasteiger partial charge in [0.2, 0.25) is 5.82 Å². The van der Waals surface area contributed by atoms with Gasteiger partial charge in [-0.15, -0.1) is 0 Å². The first-order valence-corrected chi connectivity index (χ1v) is 11.3. The third-order valence-electron chi connectivity index (χ3n) is 4.62. The number of amidine groups is 1. The Morgan fingerprint density at radius 1 is 1.14 bits per heavy atom. The minimum atomic E-state index is -1.39. The Labute approximate surface area is 181 Å². The molecule has 2 aromatic carbocycles. The third-order valence-corrected chi connectivity index (χ3v) is 6.66. The maximum Gasteiger partial charge on any atom is 0.275 e. The highest BCUT2D eigenvalue weighted by molar-refractivity contribution is 14.1. The van der Waals surface area contributed by atoms with Gasteiger partial charge in [0.25, 0.3) is 5.03 Å². The van der Waals surface area contributed by atoms with Gasteiger partial charge in [0.05, 0.1) is 5.69 Å². The average Bonchev–Trinajstić information content (AvgIpc) is 2.74. The Morgan fingerprint density at radius 2 is 1.89 bits per heavy atom. The molecule has 0 spiro atoms. The summed E-state index contributed by atoms with van der Waals surface area (Å²) in [4.78, 5) is 7.86. The molecule has 0 aliphatic carbocycles. The quantitative estimate of drug-likeness (QED) is 0.509. The van der Waals surface area contributed by atoms with Crippen LogP contribution in [0.5, 0.6) is 0 Å². The Morgan fingerprint density at radius 3 is 2.61 bits per heavy atom. The van der Waals surface area contributed by atoms with Crippen molar-refractivity contribution in [2.45, 2.75) is 18.7 Å². The summed E-state index contributed by atoms with van der Waals surface area (Å²) in [6, 6.07) is 15.6. The monoisotopic (exact) mass is 505 g/mol. The smallest absolute Gasteiger partial charge is 0.275 e. The number of nitrogens with zero attached hydrogens (tertiary/aromatic N) is 4. The molecular weight excluding hydrogens is 485 g/mol. The van der Waals surface area contributed by atoms with E-state index >= 15 is 0 Å². The second-order valence-corrected chi connectivity index (χ2v) is 8.87. The van der Waals surface area contributed by atoms with E-state index in [1.54, 1.807) is 11.3 Å². The number of anilines is 1. The van der Waals surface area contributed by atoms with Crippen molar-refractivity contribution in [3.63, 3.8) is 0 Å². The van der Waals surface area contributed by atoms with Crippen molar-refractivity contribution in [3.8, 4) is 0 Å². The molecule has 0 bridgehead atoms. The lowest BCUT2D eigenvalue weighted by atomic mass is 10.1. The average molecular weight is 505 g/mol. The maximum atomic E-state index is 13.3. The third kappa shape index (κ3) is 3.40. The first-order chi connectivity index (χ1) is 13.6. The van der Waals surface area contributed by atoms with Gasteiger partial charge in [-0.1, -0.05) is 18.2 Å². The molecule has 4 rings (SSSR count). The minimum absolute atomic E-state index is 0.537. The molecule has 1 unspecified atom stereocenters. The second kappa shape index (κ2) is 8.14. The van der Waals surface area contributed by atoms with Crippen LogP contribution < -0.4 is 10.3 Å². The normalized spacial score (nSPS) is 16.1. The maximum absolute atomic E-state index is 13.3. The van der Waals surface area contributed by atoms with E-state index in [0.29, 0.717) is 10.9 Å². The molecule has 1 N–H and O–H groups in total. The van der Waals surface area contributed by atoms with Crippen molar-refractivity contribution >= 4 is 51.6 Å². The van der Waals surface area contributed by atoms with Crippen LogP contribution in [0.2, 0.25) is 0 Å². The summed E-state index contributed by atoms with van der Waals surface area (Å²) in [5, 5.41) is 9.85. The van der Waals surface area contributed by atoms with Gasteiger partial charge in [0.15, 0.2) is 4.90 Å². The summed E-state index contributed by atoms with van der Waals surface area (Å²) in [6.07, 6.45) is 1.57. The first-order valence-electron chi connectivity index (χ1n) is 9.07. The van der Waals surface area contributed by atoms with Crippen molar-refractivity contribution in [1.29, 1.82) is 0 Å². The number of hydrazone groups is 1. The number of halogens is 1. The fraction of sp³-hybridized carbons (Fsp3) is 0.200. The van der Waals surface area contributed by atoms with Crippen LogP contribution in [0.4, 0.5) is 5.69 Å². The summed E-state index contributed by atoms with van der Waals surface area (Å²) in [5.41, 5.74) is 1.97. The van der Waals surface area contributed by atoms with E-state index in [1.165, 1.54) is 0 Å². The number of rotatable bonds is 4. The minimum Gasteiger partial charge on any atom is -0.605 e. The van der Waals surface area contributed by atoms with Crippen molar-refractivity contribution in [1.82, 2.24) is 10.2 Å². The lowest BCUT2D eigenvalue weighted by molar-refractivity contribution is 0.464. The van der Waals surface area contributed by atoms with E-state index < -0.39 is 11.2 Å². The number of aliphatic imine (C=N–C) groups is 1. The predicted octanol–water partition coefficient (Wildman–Crippen LogP) is 3.68. The highest BCUT2D eigenvalue weighted by Crippen LogP contribution is 2.36. The van der Waals surface area contributed by atoms with Crippen LogP contribution in [-0.4, -0.2) is 34.7 Å². The van der Waals surface area contributed by atoms with E-state index in [1.807, 2.05) is 42.5 Å². The van der Waals surface area contributed by atoms with Crippen LogP contribution in [0.15, 0.2) is 74.4 Å². The molecule has 2 aromatic rings. The number of hydrogen-bond donors (Lipinski definition) is 1. The molecule has 8 heteroatoms. The highest BCUT2D eigenvalue weighted by Gasteiger charge is 2.35. The lowest BCUT2D eigenvalue weighted by Crippen LogP contribution is -2.40. The molecule has 144 valence electrons. The molecule has 0 saturated carbocycles. The molecule has 0 fully saturated rings. The zero-order valence-electron chi connectivity index (χ0n) is 15.6. The molecule has 2 aliphatic heterocycles. The van der Waals surface area contributed by atoms with Crippen LogP contribution in [0.25, 0.3) is 0 Å². The Hall–Kier alpha value is -2.04. The molecule has 0 aromatic heterocycles. The van der Waals surface area contributed by atoms with Gasteiger partial charge >= 0.3 is 0 Å². The summed E-state index contributed by atoms with van der Waals surface area (Å²) in [7, 11) is 0. The van der Waals surface area contributed by atoms with Gasteiger partial charge < -0.3 is 14.8 Å². The van der Waals surface area contributed by atoms with Crippen molar-refractivity contribution in [2.75, 3.05) is 18.1 Å². The zero-order chi connectivity index (χ0) is 19.7. The van der Waals surface area contributed by atoms with Crippen LogP contribution in [0, 0.1) is 3.57 Å². The first kappa shape index (κ1) is 19.3. The summed E-state index contributed by atoms with van der Waals surface area (Å²) in [6.45, 7) is 5.89. The highest BCUT2D eigenvalue weighted by atomic mass is 127. The molecule has 0 radical (unpaired) electrons. The van der Waals surface area contributed by atoms with Gasteiger partial charge in [0, 0.05) is 33.4 Å². The van der Waals surface area contributed by atoms with Gasteiger partial charge in [0.1, 0.15) is 12.2 Å². The second-order valence-electron chi connectivity index (χ2n) is 6.20. The molecule has 2 heterocycles. The topological polar surface area (TPSA) is 66.3 Å². The molecule has 0 saturated heterocycles. The van der Waals surface area contributed by atoms with Crippen LogP contribution in [0.1, 0.15) is 19.4 Å².